The van der Waals surface area contributed by atoms with E-state index < -0.39 is 17.2 Å². The third-order valence-corrected chi connectivity index (χ3v) is 1.93. The summed E-state index contributed by atoms with van der Waals surface area (Å²) in [4.78, 5) is 0. The smallest absolute Gasteiger partial charge is 0.360 e. The summed E-state index contributed by atoms with van der Waals surface area (Å²) in [5.41, 5.74) is 0. The number of halogens is 1. The molecule has 3 nitrogen and oxygen atoms in total. The second-order valence-electron chi connectivity index (χ2n) is 2.15. The van der Waals surface area contributed by atoms with E-state index in [9.17, 15) is 8.60 Å². The van der Waals surface area contributed by atoms with Crippen LogP contribution in [0.5, 0.6) is 5.75 Å². The van der Waals surface area contributed by atoms with E-state index in [1.807, 2.05) is 0 Å². The van der Waals surface area contributed by atoms with E-state index in [2.05, 4.69) is 4.18 Å². The van der Waals surface area contributed by atoms with E-state index in [-0.39, 0.29) is 12.4 Å². The third kappa shape index (κ3) is 3.52. The van der Waals surface area contributed by atoms with Gasteiger partial charge in [-0.05, 0) is 19.1 Å². The highest BCUT2D eigenvalue weighted by molar-refractivity contribution is 7.75. The van der Waals surface area contributed by atoms with Gasteiger partial charge in [-0.3, -0.25) is 4.18 Å². The van der Waals surface area contributed by atoms with Gasteiger partial charge >= 0.3 is 11.4 Å². The van der Waals surface area contributed by atoms with Crippen molar-refractivity contribution in [3.05, 3.63) is 30.1 Å². The maximum Gasteiger partial charge on any atom is 0.360 e. The van der Waals surface area contributed by atoms with Gasteiger partial charge < -0.3 is 4.18 Å². The van der Waals surface area contributed by atoms with Crippen LogP contribution in [0.25, 0.3) is 0 Å². The normalized spacial score (nSPS) is 12.5. The van der Waals surface area contributed by atoms with Gasteiger partial charge in [0.05, 0.1) is 6.61 Å². The van der Waals surface area contributed by atoms with E-state index in [1.54, 1.807) is 6.92 Å². The molecule has 0 heterocycles. The molecule has 1 rings (SSSR count). The van der Waals surface area contributed by atoms with Crippen molar-refractivity contribution in [3.8, 4) is 5.75 Å². The fraction of sp³-hybridized carbons (Fsp3) is 0.250. The maximum atomic E-state index is 12.6. The minimum absolute atomic E-state index is 0.187. The van der Waals surface area contributed by atoms with Crippen molar-refractivity contribution in [2.45, 2.75) is 6.92 Å². The first kappa shape index (κ1) is 10.1. The quantitative estimate of drug-likeness (QED) is 0.750. The van der Waals surface area contributed by atoms with Crippen LogP contribution in [0.1, 0.15) is 6.92 Å². The molecule has 0 radical (unpaired) electrons. The zero-order chi connectivity index (χ0) is 9.68. The van der Waals surface area contributed by atoms with Crippen molar-refractivity contribution in [1.29, 1.82) is 0 Å². The number of rotatable bonds is 4. The highest BCUT2D eigenvalue weighted by Crippen LogP contribution is 2.13. The summed E-state index contributed by atoms with van der Waals surface area (Å²) in [6.45, 7) is 1.97. The van der Waals surface area contributed by atoms with E-state index >= 15 is 0 Å². The lowest BCUT2D eigenvalue weighted by atomic mass is 10.3. The zero-order valence-corrected chi connectivity index (χ0v) is 7.84. The van der Waals surface area contributed by atoms with Crippen molar-refractivity contribution in [1.82, 2.24) is 0 Å². The van der Waals surface area contributed by atoms with Crippen molar-refractivity contribution >= 4 is 11.4 Å². The van der Waals surface area contributed by atoms with E-state index in [4.69, 9.17) is 4.18 Å². The van der Waals surface area contributed by atoms with Crippen LogP contribution in [0.4, 0.5) is 4.39 Å². The SMILES string of the molecule is CCOS(=O)Oc1cccc(F)c1. The maximum absolute atomic E-state index is 12.6. The molecule has 1 unspecified atom stereocenters. The third-order valence-electron chi connectivity index (χ3n) is 1.17. The molecule has 72 valence electrons. The summed E-state index contributed by atoms with van der Waals surface area (Å²) in [5, 5.41) is 0. The second-order valence-corrected chi connectivity index (χ2v) is 2.96. The molecule has 13 heavy (non-hydrogen) atoms. The van der Waals surface area contributed by atoms with Crippen molar-refractivity contribution in [2.24, 2.45) is 0 Å². The number of hydrogen-bond donors (Lipinski definition) is 0. The van der Waals surface area contributed by atoms with Crippen LogP contribution in [-0.4, -0.2) is 10.8 Å². The Kier molecular flexibility index (Phi) is 3.85. The van der Waals surface area contributed by atoms with Gasteiger partial charge in [0, 0.05) is 6.07 Å². The topological polar surface area (TPSA) is 35.5 Å². The molecule has 0 saturated heterocycles. The molecule has 0 N–H and O–H groups in total. The van der Waals surface area contributed by atoms with E-state index in [0.717, 1.165) is 6.07 Å². The van der Waals surface area contributed by atoms with Crippen molar-refractivity contribution in [3.63, 3.8) is 0 Å². The summed E-state index contributed by atoms with van der Waals surface area (Å²) in [5.74, 6) is -0.252. The Hall–Kier alpha value is -0.940. The van der Waals surface area contributed by atoms with Gasteiger partial charge in [0.15, 0.2) is 0 Å². The lowest BCUT2D eigenvalue weighted by molar-refractivity contribution is 0.329. The lowest BCUT2D eigenvalue weighted by Crippen LogP contribution is -2.04. The highest BCUT2D eigenvalue weighted by Gasteiger charge is 2.02. The molecule has 0 spiro atoms. The minimum atomic E-state index is -1.85. The molecule has 1 aromatic rings. The molecule has 0 aliphatic rings. The molecule has 0 aliphatic heterocycles. The number of benzene rings is 1. The predicted octanol–water partition coefficient (Wildman–Crippen LogP) is 1.82. The van der Waals surface area contributed by atoms with Gasteiger partial charge in [-0.2, -0.15) is 4.21 Å². The molecular formula is C8H9FO3S. The minimum Gasteiger partial charge on any atom is -0.380 e. The molecule has 0 aliphatic carbocycles. The molecule has 5 heteroatoms. The van der Waals surface area contributed by atoms with E-state index in [0.29, 0.717) is 0 Å². The molecule has 0 aromatic heterocycles. The van der Waals surface area contributed by atoms with Crippen LogP contribution in [-0.2, 0) is 15.5 Å². The molecule has 1 aromatic carbocycles. The van der Waals surface area contributed by atoms with Gasteiger partial charge in [0.2, 0.25) is 0 Å². The van der Waals surface area contributed by atoms with Crippen LogP contribution in [0, 0.1) is 5.82 Å². The summed E-state index contributed by atoms with van der Waals surface area (Å²) < 4.78 is 32.8. The van der Waals surface area contributed by atoms with Crippen LogP contribution in [0.2, 0.25) is 0 Å². The number of hydrogen-bond acceptors (Lipinski definition) is 3. The Labute approximate surface area is 78.3 Å². The van der Waals surface area contributed by atoms with Crippen LogP contribution < -0.4 is 4.18 Å². The molecule has 1 atom stereocenters. The summed E-state index contributed by atoms with van der Waals surface area (Å²) in [7, 11) is 0. The summed E-state index contributed by atoms with van der Waals surface area (Å²) >= 11 is -1.85. The average Bonchev–Trinajstić information content (AvgIpc) is 2.04. The first-order chi connectivity index (χ1) is 6.22. The summed E-state index contributed by atoms with van der Waals surface area (Å²) in [6.07, 6.45) is 0. The molecule has 0 amide bonds. The lowest BCUT2D eigenvalue weighted by Gasteiger charge is -2.02. The van der Waals surface area contributed by atoms with Crippen molar-refractivity contribution < 1.29 is 17.0 Å². The van der Waals surface area contributed by atoms with Crippen LogP contribution in [0.3, 0.4) is 0 Å². The first-order valence-electron chi connectivity index (χ1n) is 3.71. The Morgan fingerprint density at radius 2 is 2.31 bits per heavy atom. The van der Waals surface area contributed by atoms with Gasteiger partial charge in [-0.25, -0.2) is 4.39 Å². The van der Waals surface area contributed by atoms with Crippen LogP contribution >= 0.6 is 0 Å². The van der Waals surface area contributed by atoms with Gasteiger partial charge in [0.25, 0.3) is 0 Å². The fourth-order valence-corrected chi connectivity index (χ4v) is 1.22. The predicted molar refractivity (Wildman–Crippen MR) is 46.8 cm³/mol. The van der Waals surface area contributed by atoms with Crippen LogP contribution in [0.15, 0.2) is 24.3 Å². The molecule has 0 saturated carbocycles. The Morgan fingerprint density at radius 3 is 2.92 bits per heavy atom. The Bertz CT molecular complexity index is 303. The first-order valence-corrected chi connectivity index (χ1v) is 4.71. The molecule has 0 fully saturated rings. The fourth-order valence-electron chi connectivity index (χ4n) is 0.718. The largest absolute Gasteiger partial charge is 0.380 e. The molecule has 0 bridgehead atoms. The average molecular weight is 204 g/mol. The molecular weight excluding hydrogens is 195 g/mol. The van der Waals surface area contributed by atoms with Gasteiger partial charge in [0.1, 0.15) is 11.6 Å². The van der Waals surface area contributed by atoms with E-state index in [1.165, 1.54) is 18.2 Å². The van der Waals surface area contributed by atoms with Gasteiger partial charge in [-0.15, -0.1) is 0 Å². The Morgan fingerprint density at radius 1 is 1.54 bits per heavy atom. The highest BCUT2D eigenvalue weighted by atomic mass is 32.2. The monoisotopic (exact) mass is 204 g/mol. The van der Waals surface area contributed by atoms with Crippen molar-refractivity contribution in [2.75, 3.05) is 6.61 Å². The zero-order valence-electron chi connectivity index (χ0n) is 7.03. The summed E-state index contributed by atoms with van der Waals surface area (Å²) in [6, 6.07) is 5.38. The van der Waals surface area contributed by atoms with Gasteiger partial charge in [-0.1, -0.05) is 6.07 Å². The Balaban J connectivity index is 2.58. The standard InChI is InChI=1S/C8H9FO3S/c1-2-11-13(10)12-8-5-3-4-7(9)6-8/h3-6H,2H2,1H3. The second kappa shape index (κ2) is 4.94.